The molecule has 3 heteroatoms. The summed E-state index contributed by atoms with van der Waals surface area (Å²) in [6, 6.07) is 8.68. The van der Waals surface area contributed by atoms with Crippen LogP contribution in [0.25, 0.3) is 0 Å². The van der Waals surface area contributed by atoms with Gasteiger partial charge in [0.1, 0.15) is 0 Å². The lowest BCUT2D eigenvalue weighted by molar-refractivity contribution is -0.114. The van der Waals surface area contributed by atoms with Crippen molar-refractivity contribution >= 4 is 17.3 Å². The largest absolute Gasteiger partial charge is 0.382 e. The molecular weight excluding hydrogens is 248 g/mol. The first-order chi connectivity index (χ1) is 9.70. The second-order valence-electron chi connectivity index (χ2n) is 6.36. The van der Waals surface area contributed by atoms with E-state index in [1.807, 2.05) is 12.1 Å². The highest BCUT2D eigenvalue weighted by molar-refractivity contribution is 5.88. The standard InChI is InChI=1S/C17H24N2O/c1-12(20)18-15-7-9-16(10-8-15)19-17-4-2-3-14(11-17)13-5-6-13/h7-10,13-14,17,19H,2-6,11H2,1H3,(H,18,20). The van der Waals surface area contributed by atoms with E-state index in [0.29, 0.717) is 6.04 Å². The molecule has 0 aliphatic heterocycles. The molecule has 0 radical (unpaired) electrons. The number of benzene rings is 1. The van der Waals surface area contributed by atoms with Crippen molar-refractivity contribution in [3.63, 3.8) is 0 Å². The van der Waals surface area contributed by atoms with E-state index in [9.17, 15) is 4.79 Å². The van der Waals surface area contributed by atoms with Crippen LogP contribution in [0, 0.1) is 11.8 Å². The Labute approximate surface area is 121 Å². The van der Waals surface area contributed by atoms with E-state index in [1.165, 1.54) is 51.1 Å². The topological polar surface area (TPSA) is 41.1 Å². The molecule has 2 saturated carbocycles. The fourth-order valence-electron chi connectivity index (χ4n) is 3.44. The van der Waals surface area contributed by atoms with E-state index >= 15 is 0 Å². The van der Waals surface area contributed by atoms with Gasteiger partial charge in [-0.3, -0.25) is 4.79 Å². The normalized spacial score (nSPS) is 26.1. The van der Waals surface area contributed by atoms with Crippen LogP contribution in [0.4, 0.5) is 11.4 Å². The van der Waals surface area contributed by atoms with Crippen molar-refractivity contribution in [1.82, 2.24) is 0 Å². The molecule has 0 heterocycles. The maximum absolute atomic E-state index is 11.0. The smallest absolute Gasteiger partial charge is 0.221 e. The summed E-state index contributed by atoms with van der Waals surface area (Å²) in [5.41, 5.74) is 2.03. The molecule has 20 heavy (non-hydrogen) atoms. The third-order valence-electron chi connectivity index (χ3n) is 4.58. The monoisotopic (exact) mass is 272 g/mol. The van der Waals surface area contributed by atoms with Crippen LogP contribution in [0.3, 0.4) is 0 Å². The Morgan fingerprint density at radius 2 is 1.70 bits per heavy atom. The average molecular weight is 272 g/mol. The van der Waals surface area contributed by atoms with Crippen molar-refractivity contribution in [2.24, 2.45) is 11.8 Å². The third kappa shape index (κ3) is 3.53. The van der Waals surface area contributed by atoms with Crippen LogP contribution >= 0.6 is 0 Å². The van der Waals surface area contributed by atoms with Crippen molar-refractivity contribution < 1.29 is 4.79 Å². The Kier molecular flexibility index (Phi) is 3.95. The van der Waals surface area contributed by atoms with Crippen molar-refractivity contribution in [2.75, 3.05) is 10.6 Å². The lowest BCUT2D eigenvalue weighted by Gasteiger charge is -2.30. The van der Waals surface area contributed by atoms with Crippen molar-refractivity contribution in [2.45, 2.75) is 51.5 Å². The zero-order chi connectivity index (χ0) is 13.9. The number of hydrogen-bond acceptors (Lipinski definition) is 2. The minimum Gasteiger partial charge on any atom is -0.382 e. The average Bonchev–Trinajstić information content (AvgIpc) is 3.25. The molecule has 2 atom stereocenters. The number of rotatable bonds is 4. The number of carbonyl (C=O) groups is 1. The molecule has 0 saturated heterocycles. The summed E-state index contributed by atoms with van der Waals surface area (Å²) in [5.74, 6) is 1.96. The number of amides is 1. The molecule has 2 N–H and O–H groups in total. The SMILES string of the molecule is CC(=O)Nc1ccc(NC2CCCC(C3CC3)C2)cc1. The number of carbonyl (C=O) groups excluding carboxylic acids is 1. The highest BCUT2D eigenvalue weighted by atomic mass is 16.1. The Balaban J connectivity index is 1.55. The van der Waals surface area contributed by atoms with Crippen LogP contribution in [-0.4, -0.2) is 11.9 Å². The molecule has 2 unspecified atom stereocenters. The van der Waals surface area contributed by atoms with Gasteiger partial charge in [-0.15, -0.1) is 0 Å². The van der Waals surface area contributed by atoms with Gasteiger partial charge in [0.05, 0.1) is 0 Å². The van der Waals surface area contributed by atoms with Gasteiger partial charge in [0.25, 0.3) is 0 Å². The summed E-state index contributed by atoms with van der Waals surface area (Å²) in [6.45, 7) is 1.53. The lowest BCUT2D eigenvalue weighted by atomic mass is 9.82. The van der Waals surface area contributed by atoms with Gasteiger partial charge >= 0.3 is 0 Å². The summed E-state index contributed by atoms with van der Waals surface area (Å²) >= 11 is 0. The molecule has 2 aliphatic carbocycles. The Bertz CT molecular complexity index is 464. The van der Waals surface area contributed by atoms with E-state index in [4.69, 9.17) is 0 Å². The highest BCUT2D eigenvalue weighted by Crippen LogP contribution is 2.44. The fraction of sp³-hybridized carbons (Fsp3) is 0.588. The predicted octanol–water partition coefficient (Wildman–Crippen LogP) is 4.03. The number of anilines is 2. The number of nitrogens with one attached hydrogen (secondary N) is 2. The third-order valence-corrected chi connectivity index (χ3v) is 4.58. The van der Waals surface area contributed by atoms with Crippen LogP contribution in [0.2, 0.25) is 0 Å². The summed E-state index contributed by atoms with van der Waals surface area (Å²) in [4.78, 5) is 11.0. The molecule has 1 aromatic rings. The van der Waals surface area contributed by atoms with Gasteiger partial charge in [-0.1, -0.05) is 12.8 Å². The van der Waals surface area contributed by atoms with Crippen LogP contribution in [0.15, 0.2) is 24.3 Å². The first-order valence-corrected chi connectivity index (χ1v) is 7.85. The van der Waals surface area contributed by atoms with Gasteiger partial charge in [-0.25, -0.2) is 0 Å². The van der Waals surface area contributed by atoms with Crippen molar-refractivity contribution in [1.29, 1.82) is 0 Å². The summed E-state index contributed by atoms with van der Waals surface area (Å²) in [7, 11) is 0. The minimum atomic E-state index is -0.0229. The summed E-state index contributed by atoms with van der Waals surface area (Å²) in [5, 5.41) is 6.46. The van der Waals surface area contributed by atoms with Gasteiger partial charge in [-0.2, -0.15) is 0 Å². The minimum absolute atomic E-state index is 0.0229. The van der Waals surface area contributed by atoms with Crippen molar-refractivity contribution in [3.8, 4) is 0 Å². The molecule has 0 spiro atoms. The molecule has 2 aliphatic rings. The molecular formula is C17H24N2O. The zero-order valence-electron chi connectivity index (χ0n) is 12.2. The second kappa shape index (κ2) is 5.86. The molecule has 1 aromatic carbocycles. The molecule has 3 nitrogen and oxygen atoms in total. The summed E-state index contributed by atoms with van der Waals surface area (Å²) < 4.78 is 0. The summed E-state index contributed by atoms with van der Waals surface area (Å²) in [6.07, 6.45) is 8.34. The van der Waals surface area contributed by atoms with Gasteiger partial charge in [-0.05, 0) is 61.8 Å². The Hall–Kier alpha value is -1.51. The van der Waals surface area contributed by atoms with Crippen LogP contribution in [0.5, 0.6) is 0 Å². The van der Waals surface area contributed by atoms with Gasteiger partial charge in [0.15, 0.2) is 0 Å². The van der Waals surface area contributed by atoms with Gasteiger partial charge < -0.3 is 10.6 Å². The van der Waals surface area contributed by atoms with E-state index in [2.05, 4.69) is 22.8 Å². The highest BCUT2D eigenvalue weighted by Gasteiger charge is 2.34. The Morgan fingerprint density at radius 1 is 1.00 bits per heavy atom. The first kappa shape index (κ1) is 13.5. The molecule has 1 amide bonds. The molecule has 108 valence electrons. The van der Waals surface area contributed by atoms with Gasteiger partial charge in [0.2, 0.25) is 5.91 Å². The molecule has 0 aromatic heterocycles. The van der Waals surface area contributed by atoms with E-state index in [0.717, 1.165) is 17.5 Å². The van der Waals surface area contributed by atoms with E-state index in [1.54, 1.807) is 0 Å². The first-order valence-electron chi connectivity index (χ1n) is 7.85. The quantitative estimate of drug-likeness (QED) is 0.869. The molecule has 0 bridgehead atoms. The number of hydrogen-bond donors (Lipinski definition) is 2. The van der Waals surface area contributed by atoms with Crippen LogP contribution in [-0.2, 0) is 4.79 Å². The van der Waals surface area contributed by atoms with Crippen molar-refractivity contribution in [3.05, 3.63) is 24.3 Å². The fourth-order valence-corrected chi connectivity index (χ4v) is 3.44. The molecule has 3 rings (SSSR count). The Morgan fingerprint density at radius 3 is 2.35 bits per heavy atom. The van der Waals surface area contributed by atoms with Gasteiger partial charge in [0, 0.05) is 24.3 Å². The van der Waals surface area contributed by atoms with E-state index in [-0.39, 0.29) is 5.91 Å². The maximum atomic E-state index is 11.0. The van der Waals surface area contributed by atoms with E-state index < -0.39 is 0 Å². The predicted molar refractivity (Wildman–Crippen MR) is 82.8 cm³/mol. The maximum Gasteiger partial charge on any atom is 0.221 e. The van der Waals surface area contributed by atoms with Crippen LogP contribution in [0.1, 0.15) is 45.4 Å². The lowest BCUT2D eigenvalue weighted by Crippen LogP contribution is -2.28. The van der Waals surface area contributed by atoms with Crippen LogP contribution < -0.4 is 10.6 Å². The second-order valence-corrected chi connectivity index (χ2v) is 6.36. The molecule has 2 fully saturated rings. The zero-order valence-corrected chi connectivity index (χ0v) is 12.2.